The maximum Gasteiger partial charge on any atom is 0.490 e. The highest BCUT2D eigenvalue weighted by molar-refractivity contribution is 7.92. The molecule has 1 fully saturated rings. The zero-order valence-electron chi connectivity index (χ0n) is 23.5. The third-order valence-corrected chi connectivity index (χ3v) is 8.04. The third-order valence-electron chi connectivity index (χ3n) is 6.63. The molecule has 45 heavy (non-hydrogen) atoms. The predicted molar refractivity (Wildman–Crippen MR) is 152 cm³/mol. The first-order chi connectivity index (χ1) is 21.1. The number of hydrogen-bond acceptors (Lipinski definition) is 8. The fraction of sp³-hybridized carbons (Fsp3) is 0.250. The number of piperazine rings is 1. The lowest BCUT2D eigenvalue weighted by molar-refractivity contribution is -0.192. The van der Waals surface area contributed by atoms with Gasteiger partial charge in [0.15, 0.2) is 4.90 Å². The molecule has 0 radical (unpaired) electrons. The van der Waals surface area contributed by atoms with Gasteiger partial charge in [-0.1, -0.05) is 6.07 Å². The molecule has 1 aliphatic rings. The first-order valence-electron chi connectivity index (χ1n) is 13.0. The molecule has 1 atom stereocenters. The summed E-state index contributed by atoms with van der Waals surface area (Å²) in [6, 6.07) is 9.90. The minimum absolute atomic E-state index is 0.113. The molecule has 0 bridgehead atoms. The molecule has 10 nitrogen and oxygen atoms in total. The largest absolute Gasteiger partial charge is 0.490 e. The standard InChI is InChI=1S/C26H24F3N5O3S.C2HF3O2/c1-15-13-30-7-8-34(15)24-5-6-31-22-4-3-16(9-19(22)24)17-10-23(26(37-2)32-14-17)33-38(35,36)25-20(28)11-18(27)12-21(25)29;3-2(4,5)1(6)7/h3-6,9-12,14-15,30,33H,7-8,13H2,1-2H3;(H,6,7)/t15-;/m0./s1. The molecule has 0 amide bonds. The zero-order valence-corrected chi connectivity index (χ0v) is 24.3. The molecule has 0 spiro atoms. The summed E-state index contributed by atoms with van der Waals surface area (Å²) >= 11 is 0. The average molecular weight is 658 g/mol. The van der Waals surface area contributed by atoms with Crippen molar-refractivity contribution in [1.29, 1.82) is 0 Å². The van der Waals surface area contributed by atoms with Crippen molar-refractivity contribution >= 4 is 38.3 Å². The van der Waals surface area contributed by atoms with Gasteiger partial charge in [0.25, 0.3) is 10.0 Å². The van der Waals surface area contributed by atoms with E-state index in [9.17, 15) is 34.8 Å². The molecule has 1 aliphatic heterocycles. The first kappa shape index (κ1) is 33.3. The second kappa shape index (κ2) is 13.2. The monoisotopic (exact) mass is 657 g/mol. The predicted octanol–water partition coefficient (Wildman–Crippen LogP) is 4.95. The number of aromatic nitrogens is 2. The average Bonchev–Trinajstić information content (AvgIpc) is 2.96. The molecule has 3 heterocycles. The summed E-state index contributed by atoms with van der Waals surface area (Å²) < 4.78 is 107. The Morgan fingerprint density at radius 1 is 1.07 bits per heavy atom. The van der Waals surface area contributed by atoms with E-state index in [1.807, 2.05) is 24.3 Å². The maximum atomic E-state index is 14.2. The number of carboxylic acids is 1. The number of carboxylic acid groups (broad SMARTS) is 1. The fourth-order valence-electron chi connectivity index (χ4n) is 4.59. The minimum Gasteiger partial charge on any atom is -0.480 e. The van der Waals surface area contributed by atoms with Crippen molar-refractivity contribution in [2.45, 2.75) is 24.0 Å². The van der Waals surface area contributed by atoms with Crippen LogP contribution in [0.1, 0.15) is 6.92 Å². The number of carbonyl (C=O) groups is 1. The highest BCUT2D eigenvalue weighted by Crippen LogP contribution is 2.35. The van der Waals surface area contributed by atoms with E-state index in [-0.39, 0.29) is 17.6 Å². The first-order valence-corrected chi connectivity index (χ1v) is 14.5. The SMILES string of the molecule is COc1ncc(-c2ccc3nccc(N4CCNC[C@@H]4C)c3c2)cc1NS(=O)(=O)c1c(F)cc(F)cc1F.O=C(O)C(F)(F)F. The number of nitrogens with zero attached hydrogens (tertiary/aromatic N) is 3. The van der Waals surface area contributed by atoms with Gasteiger partial charge in [-0.3, -0.25) is 9.71 Å². The van der Waals surface area contributed by atoms with Gasteiger partial charge in [-0.25, -0.2) is 31.4 Å². The molecular weight excluding hydrogens is 632 g/mol. The molecular formula is C28H25F6N5O5S. The molecule has 0 aliphatic carbocycles. The van der Waals surface area contributed by atoms with Crippen LogP contribution in [0.15, 0.2) is 59.8 Å². The molecule has 5 rings (SSSR count). The highest BCUT2D eigenvalue weighted by Gasteiger charge is 2.38. The summed E-state index contributed by atoms with van der Waals surface area (Å²) in [6.07, 6.45) is -1.82. The number of alkyl halides is 3. The number of rotatable bonds is 6. The van der Waals surface area contributed by atoms with Crippen molar-refractivity contribution in [3.8, 4) is 17.0 Å². The van der Waals surface area contributed by atoms with Gasteiger partial charge >= 0.3 is 12.1 Å². The van der Waals surface area contributed by atoms with E-state index in [0.29, 0.717) is 23.3 Å². The Morgan fingerprint density at radius 3 is 2.33 bits per heavy atom. The van der Waals surface area contributed by atoms with E-state index in [1.165, 1.54) is 19.4 Å². The summed E-state index contributed by atoms with van der Waals surface area (Å²) in [6.45, 7) is 4.68. The second-order valence-electron chi connectivity index (χ2n) is 9.70. The Hall–Kier alpha value is -4.64. The number of benzene rings is 2. The fourth-order valence-corrected chi connectivity index (χ4v) is 5.76. The van der Waals surface area contributed by atoms with E-state index < -0.39 is 44.5 Å². The highest BCUT2D eigenvalue weighted by atomic mass is 32.2. The number of halogens is 6. The quantitative estimate of drug-likeness (QED) is 0.246. The number of anilines is 2. The molecule has 4 aromatic rings. The summed E-state index contributed by atoms with van der Waals surface area (Å²) in [5.74, 6) is -7.23. The van der Waals surface area contributed by atoms with Crippen molar-refractivity contribution in [2.24, 2.45) is 0 Å². The molecule has 1 saturated heterocycles. The number of nitrogens with one attached hydrogen (secondary N) is 2. The van der Waals surface area contributed by atoms with Crippen molar-refractivity contribution in [1.82, 2.24) is 15.3 Å². The molecule has 17 heteroatoms. The van der Waals surface area contributed by atoms with Crippen molar-refractivity contribution in [2.75, 3.05) is 36.4 Å². The Labute approximate surface area is 252 Å². The van der Waals surface area contributed by atoms with Crippen LogP contribution in [-0.4, -0.2) is 68.4 Å². The number of sulfonamides is 1. The lowest BCUT2D eigenvalue weighted by atomic mass is 10.0. The van der Waals surface area contributed by atoms with Gasteiger partial charge < -0.3 is 20.1 Å². The van der Waals surface area contributed by atoms with Crippen LogP contribution >= 0.6 is 0 Å². The number of hydrogen-bond donors (Lipinski definition) is 3. The minimum atomic E-state index is -5.08. The number of methoxy groups -OCH3 is 1. The van der Waals surface area contributed by atoms with E-state index in [0.717, 1.165) is 36.2 Å². The molecule has 2 aromatic heterocycles. The van der Waals surface area contributed by atoms with Crippen LogP contribution in [0.3, 0.4) is 0 Å². The van der Waals surface area contributed by atoms with Crippen LogP contribution in [0.4, 0.5) is 37.7 Å². The Balaban J connectivity index is 0.000000591. The summed E-state index contributed by atoms with van der Waals surface area (Å²) in [4.78, 5) is 18.6. The smallest absolute Gasteiger partial charge is 0.480 e. The van der Waals surface area contributed by atoms with Gasteiger partial charge in [0.1, 0.15) is 23.1 Å². The van der Waals surface area contributed by atoms with Crippen LogP contribution in [0.5, 0.6) is 5.88 Å². The summed E-state index contributed by atoms with van der Waals surface area (Å²) in [7, 11) is -3.52. The van der Waals surface area contributed by atoms with Crippen molar-refractivity contribution in [3.63, 3.8) is 0 Å². The molecule has 2 aromatic carbocycles. The zero-order chi connectivity index (χ0) is 33.1. The lowest BCUT2D eigenvalue weighted by Gasteiger charge is -2.36. The Bertz CT molecular complexity index is 1820. The number of fused-ring (bicyclic) bond motifs is 1. The Morgan fingerprint density at radius 2 is 1.73 bits per heavy atom. The van der Waals surface area contributed by atoms with E-state index >= 15 is 0 Å². The van der Waals surface area contributed by atoms with Gasteiger partial charge in [-0.15, -0.1) is 0 Å². The molecule has 3 N–H and O–H groups in total. The van der Waals surface area contributed by atoms with Crippen LogP contribution in [0.2, 0.25) is 0 Å². The number of aliphatic carboxylic acids is 1. The van der Waals surface area contributed by atoms with Gasteiger partial charge in [0.05, 0.1) is 12.6 Å². The van der Waals surface area contributed by atoms with Crippen LogP contribution in [-0.2, 0) is 14.8 Å². The maximum absolute atomic E-state index is 14.2. The second-order valence-corrected chi connectivity index (χ2v) is 11.3. The van der Waals surface area contributed by atoms with Gasteiger partial charge in [0, 0.05) is 66.8 Å². The molecule has 240 valence electrons. The molecule has 0 unspecified atom stereocenters. The van der Waals surface area contributed by atoms with Crippen LogP contribution in [0.25, 0.3) is 22.0 Å². The van der Waals surface area contributed by atoms with Gasteiger partial charge in [0.2, 0.25) is 5.88 Å². The van der Waals surface area contributed by atoms with Crippen LogP contribution in [0, 0.1) is 17.5 Å². The van der Waals surface area contributed by atoms with Gasteiger partial charge in [-0.2, -0.15) is 13.2 Å². The third kappa shape index (κ3) is 7.54. The summed E-state index contributed by atoms with van der Waals surface area (Å²) in [5, 5.41) is 11.4. The van der Waals surface area contributed by atoms with Gasteiger partial charge in [-0.05, 0) is 36.8 Å². The van der Waals surface area contributed by atoms with E-state index in [2.05, 4.69) is 31.8 Å². The summed E-state index contributed by atoms with van der Waals surface area (Å²) in [5.41, 5.74) is 2.91. The molecule has 0 saturated carbocycles. The normalized spacial score (nSPS) is 15.3. The van der Waals surface area contributed by atoms with E-state index in [4.69, 9.17) is 14.6 Å². The topological polar surface area (TPSA) is 134 Å². The Kier molecular flexibility index (Phi) is 9.72. The van der Waals surface area contributed by atoms with E-state index in [1.54, 1.807) is 6.20 Å². The van der Waals surface area contributed by atoms with Crippen molar-refractivity contribution < 1.29 is 49.4 Å². The van der Waals surface area contributed by atoms with Crippen LogP contribution < -0.4 is 19.7 Å². The number of ether oxygens (including phenoxy) is 1. The number of pyridine rings is 2. The van der Waals surface area contributed by atoms with Crippen molar-refractivity contribution in [3.05, 3.63) is 72.3 Å². The lowest BCUT2D eigenvalue weighted by Crippen LogP contribution is -2.50.